The minimum atomic E-state index is -0.880. The first-order valence-corrected chi connectivity index (χ1v) is 11.4. The topological polar surface area (TPSA) is 88.9 Å². The summed E-state index contributed by atoms with van der Waals surface area (Å²) < 4.78 is 28.8. The van der Waals surface area contributed by atoms with Crippen LogP contribution in [0.3, 0.4) is 0 Å². The Kier molecular flexibility index (Phi) is 8.21. The van der Waals surface area contributed by atoms with Gasteiger partial charge in [-0.05, 0) is 34.1 Å². The SMILES string of the molecule is Cn1c(CCNC(=O)c2ccccc2Cl)nnc1SCC(=O)Nc1c(F)cc(F)cc1Br. The van der Waals surface area contributed by atoms with Gasteiger partial charge in [0.2, 0.25) is 5.91 Å². The molecule has 0 saturated carbocycles. The van der Waals surface area contributed by atoms with Gasteiger partial charge in [0.15, 0.2) is 11.0 Å². The summed E-state index contributed by atoms with van der Waals surface area (Å²) in [6.07, 6.45) is 0.417. The van der Waals surface area contributed by atoms with Crippen LogP contribution in [-0.4, -0.2) is 38.9 Å². The van der Waals surface area contributed by atoms with Crippen molar-refractivity contribution in [3.8, 4) is 0 Å². The van der Waals surface area contributed by atoms with Gasteiger partial charge in [0.25, 0.3) is 5.91 Å². The minimum Gasteiger partial charge on any atom is -0.352 e. The molecule has 3 aromatic rings. The lowest BCUT2D eigenvalue weighted by Crippen LogP contribution is -2.26. The molecule has 0 spiro atoms. The summed E-state index contributed by atoms with van der Waals surface area (Å²) in [5.74, 6) is -1.86. The molecule has 2 N–H and O–H groups in total. The summed E-state index contributed by atoms with van der Waals surface area (Å²) >= 11 is 10.2. The monoisotopic (exact) mass is 543 g/mol. The number of nitrogens with zero attached hydrogens (tertiary/aromatic N) is 3. The van der Waals surface area contributed by atoms with Crippen LogP contribution >= 0.6 is 39.3 Å². The first-order chi connectivity index (χ1) is 15.3. The van der Waals surface area contributed by atoms with E-state index in [0.29, 0.717) is 40.6 Å². The Morgan fingerprint density at radius 2 is 1.97 bits per heavy atom. The maximum Gasteiger partial charge on any atom is 0.252 e. The molecule has 2 amide bonds. The quantitative estimate of drug-likeness (QED) is 0.415. The molecule has 12 heteroatoms. The largest absolute Gasteiger partial charge is 0.352 e. The number of anilines is 1. The van der Waals surface area contributed by atoms with Crippen molar-refractivity contribution in [1.82, 2.24) is 20.1 Å². The molecule has 0 fully saturated rings. The van der Waals surface area contributed by atoms with Gasteiger partial charge in [0.05, 0.1) is 22.0 Å². The number of rotatable bonds is 8. The Hall–Kier alpha value is -2.50. The molecule has 32 heavy (non-hydrogen) atoms. The molecular formula is C20H17BrClF2N5O2S. The van der Waals surface area contributed by atoms with E-state index in [0.717, 1.165) is 17.8 Å². The van der Waals surface area contributed by atoms with Gasteiger partial charge in [-0.2, -0.15) is 0 Å². The second-order valence-electron chi connectivity index (χ2n) is 6.52. The zero-order valence-corrected chi connectivity index (χ0v) is 19.8. The molecule has 0 aliphatic heterocycles. The number of amides is 2. The Bertz CT molecular complexity index is 1140. The van der Waals surface area contributed by atoms with Crippen molar-refractivity contribution < 1.29 is 18.4 Å². The van der Waals surface area contributed by atoms with Crippen molar-refractivity contribution in [2.45, 2.75) is 11.6 Å². The van der Waals surface area contributed by atoms with E-state index in [1.54, 1.807) is 35.9 Å². The molecule has 0 bridgehead atoms. The Labute approximate surface area is 200 Å². The third-order valence-electron chi connectivity index (χ3n) is 4.28. The Morgan fingerprint density at radius 1 is 1.22 bits per heavy atom. The molecule has 3 rings (SSSR count). The molecule has 1 aromatic heterocycles. The maximum atomic E-state index is 13.9. The van der Waals surface area contributed by atoms with E-state index in [2.05, 4.69) is 36.8 Å². The smallest absolute Gasteiger partial charge is 0.252 e. The molecule has 7 nitrogen and oxygen atoms in total. The summed E-state index contributed by atoms with van der Waals surface area (Å²) in [4.78, 5) is 24.4. The average molecular weight is 545 g/mol. The van der Waals surface area contributed by atoms with Crippen LogP contribution in [0.15, 0.2) is 46.0 Å². The highest BCUT2D eigenvalue weighted by molar-refractivity contribution is 9.10. The van der Waals surface area contributed by atoms with Gasteiger partial charge >= 0.3 is 0 Å². The Balaban J connectivity index is 1.51. The molecule has 0 radical (unpaired) electrons. The third kappa shape index (κ3) is 6.05. The number of thioether (sulfide) groups is 1. The van der Waals surface area contributed by atoms with Crippen LogP contribution in [0.2, 0.25) is 5.02 Å². The number of hydrogen-bond donors (Lipinski definition) is 2. The first-order valence-electron chi connectivity index (χ1n) is 9.24. The van der Waals surface area contributed by atoms with E-state index in [-0.39, 0.29) is 21.8 Å². The van der Waals surface area contributed by atoms with Crippen molar-refractivity contribution >= 4 is 56.8 Å². The zero-order chi connectivity index (χ0) is 23.3. The number of aromatic nitrogens is 3. The molecule has 0 atom stereocenters. The fourth-order valence-corrected chi connectivity index (χ4v) is 4.14. The van der Waals surface area contributed by atoms with Crippen LogP contribution in [0.4, 0.5) is 14.5 Å². The number of nitrogens with one attached hydrogen (secondary N) is 2. The second-order valence-corrected chi connectivity index (χ2v) is 8.73. The van der Waals surface area contributed by atoms with E-state index in [4.69, 9.17) is 11.6 Å². The van der Waals surface area contributed by atoms with Gasteiger partial charge in [0.1, 0.15) is 11.6 Å². The standard InChI is InChI=1S/C20H17BrClF2N5O2S/c1-29-16(6-7-25-19(31)12-4-2-3-5-14(12)22)27-28-20(29)32-10-17(30)26-18-13(21)8-11(23)9-15(18)24/h2-5,8-9H,6-7,10H2,1H3,(H,25,31)(H,26,30). The van der Waals surface area contributed by atoms with Gasteiger partial charge in [-0.1, -0.05) is 35.5 Å². The molecule has 168 valence electrons. The summed E-state index contributed by atoms with van der Waals surface area (Å²) in [5.41, 5.74) is 0.253. The van der Waals surface area contributed by atoms with E-state index in [9.17, 15) is 18.4 Å². The number of hydrogen-bond acceptors (Lipinski definition) is 5. The van der Waals surface area contributed by atoms with Gasteiger partial charge < -0.3 is 15.2 Å². The van der Waals surface area contributed by atoms with Crippen LogP contribution < -0.4 is 10.6 Å². The second kappa shape index (κ2) is 10.9. The van der Waals surface area contributed by atoms with Gasteiger partial charge in [-0.25, -0.2) is 8.78 Å². The Morgan fingerprint density at radius 3 is 2.69 bits per heavy atom. The number of carbonyl (C=O) groups is 2. The minimum absolute atomic E-state index is 0.0571. The van der Waals surface area contributed by atoms with Crippen LogP contribution in [0.5, 0.6) is 0 Å². The summed E-state index contributed by atoms with van der Waals surface area (Å²) in [7, 11) is 1.74. The van der Waals surface area contributed by atoms with E-state index < -0.39 is 17.5 Å². The number of halogens is 4. The van der Waals surface area contributed by atoms with Gasteiger partial charge in [-0.15, -0.1) is 10.2 Å². The first kappa shape index (κ1) is 24.1. The highest BCUT2D eigenvalue weighted by Crippen LogP contribution is 2.27. The molecule has 1 heterocycles. The van der Waals surface area contributed by atoms with Crippen molar-refractivity contribution in [3.05, 3.63) is 68.9 Å². The highest BCUT2D eigenvalue weighted by Gasteiger charge is 2.16. The van der Waals surface area contributed by atoms with Crippen LogP contribution in [0.25, 0.3) is 0 Å². The lowest BCUT2D eigenvalue weighted by atomic mass is 10.2. The summed E-state index contributed by atoms with van der Waals surface area (Å²) in [6, 6.07) is 8.50. The average Bonchev–Trinajstić information content (AvgIpc) is 3.09. The fourth-order valence-electron chi connectivity index (χ4n) is 2.68. The maximum absolute atomic E-state index is 13.9. The lowest BCUT2D eigenvalue weighted by molar-refractivity contribution is -0.113. The number of carbonyl (C=O) groups excluding carboxylic acids is 2. The predicted molar refractivity (Wildman–Crippen MR) is 122 cm³/mol. The zero-order valence-electron chi connectivity index (χ0n) is 16.7. The van der Waals surface area contributed by atoms with Gasteiger partial charge in [0, 0.05) is 30.6 Å². The van der Waals surface area contributed by atoms with Gasteiger partial charge in [-0.3, -0.25) is 9.59 Å². The molecular weight excluding hydrogens is 528 g/mol. The normalized spacial score (nSPS) is 10.8. The van der Waals surface area contributed by atoms with Crippen molar-refractivity contribution in [1.29, 1.82) is 0 Å². The fraction of sp³-hybridized carbons (Fsp3) is 0.200. The summed E-state index contributed by atoms with van der Waals surface area (Å²) in [6.45, 7) is 0.319. The molecule has 0 aliphatic rings. The third-order valence-corrected chi connectivity index (χ3v) is 6.26. The van der Waals surface area contributed by atoms with Crippen molar-refractivity contribution in [2.24, 2.45) is 7.05 Å². The molecule has 0 aliphatic carbocycles. The van der Waals surface area contributed by atoms with E-state index in [1.165, 1.54) is 0 Å². The highest BCUT2D eigenvalue weighted by atomic mass is 79.9. The number of benzene rings is 2. The van der Waals surface area contributed by atoms with E-state index >= 15 is 0 Å². The van der Waals surface area contributed by atoms with Crippen LogP contribution in [0, 0.1) is 11.6 Å². The van der Waals surface area contributed by atoms with Crippen LogP contribution in [0.1, 0.15) is 16.2 Å². The lowest BCUT2D eigenvalue weighted by Gasteiger charge is -2.09. The summed E-state index contributed by atoms with van der Waals surface area (Å²) in [5, 5.41) is 14.1. The molecule has 0 saturated heterocycles. The molecule has 2 aromatic carbocycles. The predicted octanol–water partition coefficient (Wildman–Crippen LogP) is 4.21. The van der Waals surface area contributed by atoms with Crippen LogP contribution in [-0.2, 0) is 18.3 Å². The van der Waals surface area contributed by atoms with Crippen molar-refractivity contribution in [2.75, 3.05) is 17.6 Å². The van der Waals surface area contributed by atoms with E-state index in [1.807, 2.05) is 0 Å². The van der Waals surface area contributed by atoms with Crippen molar-refractivity contribution in [3.63, 3.8) is 0 Å². The molecule has 0 unspecified atom stereocenters.